The monoisotopic (exact) mass is 279 g/mol. The van der Waals surface area contributed by atoms with E-state index in [4.69, 9.17) is 5.26 Å². The summed E-state index contributed by atoms with van der Waals surface area (Å²) in [7, 11) is 0. The highest BCUT2D eigenvalue weighted by Gasteiger charge is 2.12. The van der Waals surface area contributed by atoms with Crippen molar-refractivity contribution in [3.05, 3.63) is 33.8 Å². The Hall–Kier alpha value is -0.890. The van der Waals surface area contributed by atoms with Gasteiger partial charge in [-0.2, -0.15) is 5.26 Å². The molecule has 84 valence electrons. The molecule has 16 heavy (non-hydrogen) atoms. The highest BCUT2D eigenvalue weighted by Crippen LogP contribution is 2.17. The van der Waals surface area contributed by atoms with Gasteiger partial charge in [-0.1, -0.05) is 22.0 Å². The van der Waals surface area contributed by atoms with Crippen LogP contribution in [-0.4, -0.2) is 31.1 Å². The summed E-state index contributed by atoms with van der Waals surface area (Å²) >= 11 is 3.39. The number of nitrogens with zero attached hydrogens (tertiary/aromatic N) is 2. The van der Waals surface area contributed by atoms with Crippen molar-refractivity contribution in [2.75, 3.05) is 26.2 Å². The maximum Gasteiger partial charge on any atom is 0.0995 e. The fraction of sp³-hybridized carbons (Fsp3) is 0.417. The lowest BCUT2D eigenvalue weighted by Crippen LogP contribution is -2.43. The summed E-state index contributed by atoms with van der Waals surface area (Å²) in [4.78, 5) is 2.38. The van der Waals surface area contributed by atoms with Crippen LogP contribution in [0.25, 0.3) is 0 Å². The van der Waals surface area contributed by atoms with Crippen molar-refractivity contribution in [2.45, 2.75) is 6.54 Å². The lowest BCUT2D eigenvalue weighted by molar-refractivity contribution is 0.233. The number of nitriles is 1. The van der Waals surface area contributed by atoms with E-state index >= 15 is 0 Å². The highest BCUT2D eigenvalue weighted by molar-refractivity contribution is 9.10. The SMILES string of the molecule is N#Cc1cc(Br)ccc1CN1CCNCC1. The summed E-state index contributed by atoms with van der Waals surface area (Å²) in [5.74, 6) is 0. The molecule has 1 N–H and O–H groups in total. The van der Waals surface area contributed by atoms with Crippen molar-refractivity contribution in [2.24, 2.45) is 0 Å². The van der Waals surface area contributed by atoms with Gasteiger partial charge in [0, 0.05) is 37.2 Å². The molecule has 0 spiro atoms. The molecule has 0 atom stereocenters. The Morgan fingerprint density at radius 2 is 2.12 bits per heavy atom. The van der Waals surface area contributed by atoms with Crippen LogP contribution in [0.5, 0.6) is 0 Å². The standard InChI is InChI=1S/C12H14BrN3/c13-12-2-1-10(11(7-12)8-14)9-16-5-3-15-4-6-16/h1-2,7,15H,3-6,9H2. The summed E-state index contributed by atoms with van der Waals surface area (Å²) in [6, 6.07) is 8.17. The van der Waals surface area contributed by atoms with E-state index < -0.39 is 0 Å². The molecule has 0 bridgehead atoms. The molecule has 1 heterocycles. The van der Waals surface area contributed by atoms with Gasteiger partial charge in [-0.05, 0) is 17.7 Å². The average Bonchev–Trinajstić information content (AvgIpc) is 2.33. The van der Waals surface area contributed by atoms with Crippen molar-refractivity contribution in [1.82, 2.24) is 10.2 Å². The number of rotatable bonds is 2. The maximum absolute atomic E-state index is 9.07. The Bertz CT molecular complexity index is 405. The van der Waals surface area contributed by atoms with E-state index in [1.54, 1.807) is 0 Å². The van der Waals surface area contributed by atoms with Crippen LogP contribution in [0.15, 0.2) is 22.7 Å². The number of benzene rings is 1. The normalized spacial score (nSPS) is 17.0. The molecule has 0 saturated carbocycles. The van der Waals surface area contributed by atoms with Gasteiger partial charge >= 0.3 is 0 Å². The minimum Gasteiger partial charge on any atom is -0.314 e. The molecule has 0 radical (unpaired) electrons. The van der Waals surface area contributed by atoms with Crippen LogP contribution in [-0.2, 0) is 6.54 Å². The van der Waals surface area contributed by atoms with Crippen LogP contribution >= 0.6 is 15.9 Å². The number of hydrogen-bond acceptors (Lipinski definition) is 3. The smallest absolute Gasteiger partial charge is 0.0995 e. The van der Waals surface area contributed by atoms with Crippen LogP contribution in [0, 0.1) is 11.3 Å². The van der Waals surface area contributed by atoms with Crippen molar-refractivity contribution in [1.29, 1.82) is 5.26 Å². The molecule has 2 rings (SSSR count). The van der Waals surface area contributed by atoms with E-state index in [0.29, 0.717) is 0 Å². The van der Waals surface area contributed by atoms with E-state index in [9.17, 15) is 0 Å². The Morgan fingerprint density at radius 1 is 1.38 bits per heavy atom. The molecule has 1 aromatic rings. The minimum atomic E-state index is 0.771. The molecule has 1 saturated heterocycles. The zero-order valence-corrected chi connectivity index (χ0v) is 10.6. The van der Waals surface area contributed by atoms with E-state index in [0.717, 1.165) is 48.3 Å². The van der Waals surface area contributed by atoms with E-state index in [1.807, 2.05) is 18.2 Å². The van der Waals surface area contributed by atoms with Gasteiger partial charge in [-0.3, -0.25) is 4.90 Å². The third-order valence-corrected chi connectivity index (χ3v) is 3.29. The Kier molecular flexibility index (Phi) is 3.94. The van der Waals surface area contributed by atoms with Crippen molar-refractivity contribution >= 4 is 15.9 Å². The maximum atomic E-state index is 9.07. The number of hydrogen-bond donors (Lipinski definition) is 1. The topological polar surface area (TPSA) is 39.1 Å². The fourth-order valence-corrected chi connectivity index (χ4v) is 2.26. The highest BCUT2D eigenvalue weighted by atomic mass is 79.9. The third-order valence-electron chi connectivity index (χ3n) is 2.80. The van der Waals surface area contributed by atoms with Gasteiger partial charge in [0.2, 0.25) is 0 Å². The van der Waals surface area contributed by atoms with Crippen molar-refractivity contribution in [3.63, 3.8) is 0 Å². The number of nitrogens with one attached hydrogen (secondary N) is 1. The van der Waals surface area contributed by atoms with E-state index in [2.05, 4.69) is 32.2 Å². The molecule has 4 heteroatoms. The lowest BCUT2D eigenvalue weighted by Gasteiger charge is -2.27. The first-order valence-electron chi connectivity index (χ1n) is 5.41. The fourth-order valence-electron chi connectivity index (χ4n) is 1.90. The van der Waals surface area contributed by atoms with E-state index in [1.165, 1.54) is 0 Å². The van der Waals surface area contributed by atoms with Gasteiger partial charge in [0.05, 0.1) is 11.6 Å². The average molecular weight is 280 g/mol. The molecule has 1 aromatic carbocycles. The second kappa shape index (κ2) is 5.44. The Morgan fingerprint density at radius 3 is 2.81 bits per heavy atom. The summed E-state index contributed by atoms with van der Waals surface area (Å²) in [6.07, 6.45) is 0. The first-order chi connectivity index (χ1) is 7.79. The second-order valence-electron chi connectivity index (χ2n) is 3.94. The molecule has 0 aromatic heterocycles. The quantitative estimate of drug-likeness (QED) is 0.896. The Balaban J connectivity index is 2.11. The van der Waals surface area contributed by atoms with Gasteiger partial charge < -0.3 is 5.32 Å². The summed E-state index contributed by atoms with van der Waals surface area (Å²) in [5, 5.41) is 12.4. The summed E-state index contributed by atoms with van der Waals surface area (Å²) < 4.78 is 0.966. The van der Waals surface area contributed by atoms with Gasteiger partial charge in [0.15, 0.2) is 0 Å². The van der Waals surface area contributed by atoms with Crippen molar-refractivity contribution in [3.8, 4) is 6.07 Å². The number of halogens is 1. The second-order valence-corrected chi connectivity index (χ2v) is 4.86. The van der Waals surface area contributed by atoms with Crippen LogP contribution in [0.4, 0.5) is 0 Å². The van der Waals surface area contributed by atoms with Gasteiger partial charge in [0.25, 0.3) is 0 Å². The molecule has 1 aliphatic heterocycles. The largest absolute Gasteiger partial charge is 0.314 e. The predicted molar refractivity (Wildman–Crippen MR) is 67.0 cm³/mol. The first kappa shape index (κ1) is 11.6. The third kappa shape index (κ3) is 2.82. The molecular weight excluding hydrogens is 266 g/mol. The van der Waals surface area contributed by atoms with Crippen LogP contribution < -0.4 is 5.32 Å². The number of piperazine rings is 1. The van der Waals surface area contributed by atoms with Crippen LogP contribution in [0.1, 0.15) is 11.1 Å². The Labute approximate surface area is 104 Å². The molecule has 3 nitrogen and oxygen atoms in total. The molecule has 1 fully saturated rings. The summed E-state index contributed by atoms with van der Waals surface area (Å²) in [6.45, 7) is 5.07. The predicted octanol–water partition coefficient (Wildman–Crippen LogP) is 1.73. The van der Waals surface area contributed by atoms with Crippen molar-refractivity contribution < 1.29 is 0 Å². The molecule has 0 amide bonds. The lowest BCUT2D eigenvalue weighted by atomic mass is 10.1. The molecular formula is C12H14BrN3. The first-order valence-corrected chi connectivity index (χ1v) is 6.20. The molecule has 0 unspecified atom stereocenters. The van der Waals surface area contributed by atoms with Gasteiger partial charge in [0.1, 0.15) is 0 Å². The van der Waals surface area contributed by atoms with Crippen LogP contribution in [0.2, 0.25) is 0 Å². The van der Waals surface area contributed by atoms with E-state index in [-0.39, 0.29) is 0 Å². The zero-order chi connectivity index (χ0) is 11.4. The molecule has 0 aliphatic carbocycles. The zero-order valence-electron chi connectivity index (χ0n) is 9.04. The summed E-state index contributed by atoms with van der Waals surface area (Å²) in [5.41, 5.74) is 1.89. The molecule has 1 aliphatic rings. The van der Waals surface area contributed by atoms with Gasteiger partial charge in [-0.15, -0.1) is 0 Å². The van der Waals surface area contributed by atoms with Crippen LogP contribution in [0.3, 0.4) is 0 Å². The van der Waals surface area contributed by atoms with Gasteiger partial charge in [-0.25, -0.2) is 0 Å². The minimum absolute atomic E-state index is 0.771.